The summed E-state index contributed by atoms with van der Waals surface area (Å²) in [5, 5.41) is 6.01. The summed E-state index contributed by atoms with van der Waals surface area (Å²) in [7, 11) is 0. The maximum atomic E-state index is 3.44. The summed E-state index contributed by atoms with van der Waals surface area (Å²) in [5.41, 5.74) is 5.04. The number of rotatable bonds is 2. The van der Waals surface area contributed by atoms with Crippen LogP contribution in [0, 0.1) is 0 Å². The zero-order chi connectivity index (χ0) is 15.9. The molecule has 0 spiro atoms. The number of nitrogens with one attached hydrogen (secondary N) is 1. The third kappa shape index (κ3) is 2.00. The number of hydrogen-bond donors (Lipinski definition) is 1. The van der Waals surface area contributed by atoms with Gasteiger partial charge in [-0.15, -0.1) is 11.3 Å². The molecule has 0 aliphatic rings. The molecule has 0 bridgehead atoms. The Bertz CT molecular complexity index is 1140. The zero-order valence-corrected chi connectivity index (χ0v) is 13.8. The standard InChI is InChI=1S/C22H15NS/c1-2-8-16-15(6-1)7-3-9-17(16)18-10-4-11-20-22(18)19(14-23-20)21-12-5-13-24-21/h1-14,23H. The minimum atomic E-state index is 1.18. The number of benzene rings is 3. The molecular formula is C22H15NS. The molecule has 3 aromatic carbocycles. The smallest absolute Gasteiger partial charge is 0.0467 e. The second-order valence-electron chi connectivity index (χ2n) is 5.93. The normalized spacial score (nSPS) is 11.3. The van der Waals surface area contributed by atoms with Crippen molar-refractivity contribution in [3.8, 4) is 21.6 Å². The topological polar surface area (TPSA) is 15.8 Å². The molecule has 1 nitrogen and oxygen atoms in total. The van der Waals surface area contributed by atoms with Gasteiger partial charge >= 0.3 is 0 Å². The van der Waals surface area contributed by atoms with Gasteiger partial charge in [-0.05, 0) is 39.4 Å². The van der Waals surface area contributed by atoms with Crippen LogP contribution in [0.4, 0.5) is 0 Å². The number of aromatic amines is 1. The average Bonchev–Trinajstić information content (AvgIpc) is 3.30. The van der Waals surface area contributed by atoms with E-state index in [0.29, 0.717) is 0 Å². The molecule has 0 atom stereocenters. The zero-order valence-electron chi connectivity index (χ0n) is 13.0. The Morgan fingerprint density at radius 1 is 0.667 bits per heavy atom. The van der Waals surface area contributed by atoms with Crippen LogP contribution in [0.1, 0.15) is 0 Å². The molecule has 24 heavy (non-hydrogen) atoms. The Morgan fingerprint density at radius 2 is 1.50 bits per heavy atom. The summed E-state index contributed by atoms with van der Waals surface area (Å²) in [5.74, 6) is 0. The highest BCUT2D eigenvalue weighted by molar-refractivity contribution is 7.13. The monoisotopic (exact) mass is 325 g/mol. The first-order valence-corrected chi connectivity index (χ1v) is 8.92. The molecule has 0 radical (unpaired) electrons. The maximum absolute atomic E-state index is 3.44. The number of thiophene rings is 1. The van der Waals surface area contributed by atoms with Gasteiger partial charge in [-0.3, -0.25) is 0 Å². The lowest BCUT2D eigenvalue weighted by Gasteiger charge is -2.10. The highest BCUT2D eigenvalue weighted by atomic mass is 32.1. The van der Waals surface area contributed by atoms with Crippen molar-refractivity contribution in [2.45, 2.75) is 0 Å². The Kier molecular flexibility index (Phi) is 3.03. The largest absolute Gasteiger partial charge is 0.360 e. The lowest BCUT2D eigenvalue weighted by atomic mass is 9.94. The fraction of sp³-hybridized carbons (Fsp3) is 0. The Balaban J connectivity index is 1.88. The fourth-order valence-corrected chi connectivity index (χ4v) is 4.24. The van der Waals surface area contributed by atoms with Crippen LogP contribution < -0.4 is 0 Å². The predicted molar refractivity (Wildman–Crippen MR) is 105 cm³/mol. The van der Waals surface area contributed by atoms with Crippen LogP contribution in [0.3, 0.4) is 0 Å². The molecule has 114 valence electrons. The van der Waals surface area contributed by atoms with E-state index in [1.807, 2.05) is 0 Å². The molecule has 5 aromatic rings. The molecule has 0 saturated carbocycles. The molecule has 0 unspecified atom stereocenters. The van der Waals surface area contributed by atoms with E-state index in [2.05, 4.69) is 89.4 Å². The first-order chi connectivity index (χ1) is 11.9. The van der Waals surface area contributed by atoms with Gasteiger partial charge in [0.2, 0.25) is 0 Å². The van der Waals surface area contributed by atoms with E-state index >= 15 is 0 Å². The van der Waals surface area contributed by atoms with E-state index in [1.54, 1.807) is 11.3 Å². The van der Waals surface area contributed by atoms with Gasteiger partial charge in [0, 0.05) is 27.5 Å². The van der Waals surface area contributed by atoms with Gasteiger partial charge in [0.15, 0.2) is 0 Å². The highest BCUT2D eigenvalue weighted by Gasteiger charge is 2.13. The molecule has 2 heteroatoms. The molecule has 5 rings (SSSR count). The first kappa shape index (κ1) is 13.6. The van der Waals surface area contributed by atoms with Crippen molar-refractivity contribution in [2.24, 2.45) is 0 Å². The van der Waals surface area contributed by atoms with Gasteiger partial charge in [0.25, 0.3) is 0 Å². The number of hydrogen-bond acceptors (Lipinski definition) is 1. The number of aromatic nitrogens is 1. The van der Waals surface area contributed by atoms with Gasteiger partial charge in [-0.2, -0.15) is 0 Å². The number of fused-ring (bicyclic) bond motifs is 2. The average molecular weight is 325 g/mol. The lowest BCUT2D eigenvalue weighted by Crippen LogP contribution is -1.83. The summed E-state index contributed by atoms with van der Waals surface area (Å²) in [6.07, 6.45) is 2.13. The number of H-pyrrole nitrogens is 1. The van der Waals surface area contributed by atoms with Crippen molar-refractivity contribution in [2.75, 3.05) is 0 Å². The minimum Gasteiger partial charge on any atom is -0.360 e. The van der Waals surface area contributed by atoms with E-state index in [1.165, 1.54) is 43.2 Å². The van der Waals surface area contributed by atoms with Crippen molar-refractivity contribution < 1.29 is 0 Å². The van der Waals surface area contributed by atoms with Crippen molar-refractivity contribution in [1.29, 1.82) is 0 Å². The molecule has 1 N–H and O–H groups in total. The van der Waals surface area contributed by atoms with Gasteiger partial charge in [0.05, 0.1) is 0 Å². The van der Waals surface area contributed by atoms with Crippen molar-refractivity contribution >= 4 is 33.0 Å². The van der Waals surface area contributed by atoms with Crippen LogP contribution >= 0.6 is 11.3 Å². The summed E-state index contributed by atoms with van der Waals surface area (Å²) in [6.45, 7) is 0. The third-order valence-corrected chi connectivity index (χ3v) is 5.48. The fourth-order valence-electron chi connectivity index (χ4n) is 3.50. The molecule has 2 heterocycles. The predicted octanol–water partition coefficient (Wildman–Crippen LogP) is 6.72. The summed E-state index contributed by atoms with van der Waals surface area (Å²) in [4.78, 5) is 4.74. The molecule has 0 saturated heterocycles. The summed E-state index contributed by atoms with van der Waals surface area (Å²) < 4.78 is 0. The van der Waals surface area contributed by atoms with E-state index < -0.39 is 0 Å². The maximum Gasteiger partial charge on any atom is 0.0467 e. The minimum absolute atomic E-state index is 1.18. The van der Waals surface area contributed by atoms with Gasteiger partial charge in [0.1, 0.15) is 0 Å². The molecule has 0 aliphatic heterocycles. The quantitative estimate of drug-likeness (QED) is 0.371. The second-order valence-corrected chi connectivity index (χ2v) is 6.88. The van der Waals surface area contributed by atoms with E-state index in [0.717, 1.165) is 0 Å². The van der Waals surface area contributed by atoms with Crippen LogP contribution in [-0.4, -0.2) is 4.98 Å². The van der Waals surface area contributed by atoms with Crippen LogP contribution in [0.2, 0.25) is 0 Å². The van der Waals surface area contributed by atoms with Crippen molar-refractivity contribution in [3.05, 3.63) is 84.4 Å². The van der Waals surface area contributed by atoms with E-state index in [9.17, 15) is 0 Å². The van der Waals surface area contributed by atoms with Crippen LogP contribution in [0.25, 0.3) is 43.2 Å². The van der Waals surface area contributed by atoms with Crippen LogP contribution in [0.5, 0.6) is 0 Å². The highest BCUT2D eigenvalue weighted by Crippen LogP contribution is 2.40. The molecule has 2 aromatic heterocycles. The molecular weight excluding hydrogens is 310 g/mol. The molecule has 0 aliphatic carbocycles. The Hall–Kier alpha value is -2.84. The third-order valence-electron chi connectivity index (χ3n) is 4.57. The lowest BCUT2D eigenvalue weighted by molar-refractivity contribution is 1.48. The molecule has 0 fully saturated rings. The van der Waals surface area contributed by atoms with Gasteiger partial charge in [-0.25, -0.2) is 0 Å². The second kappa shape index (κ2) is 5.36. The summed E-state index contributed by atoms with van der Waals surface area (Å²) in [6, 6.07) is 26.0. The van der Waals surface area contributed by atoms with Gasteiger partial charge < -0.3 is 4.98 Å². The first-order valence-electron chi connectivity index (χ1n) is 8.04. The SMILES string of the molecule is c1csc(-c2c[nH]c3cccc(-c4cccc5ccccc45)c23)c1. The van der Waals surface area contributed by atoms with Crippen LogP contribution in [0.15, 0.2) is 84.4 Å². The summed E-state index contributed by atoms with van der Waals surface area (Å²) >= 11 is 1.78. The molecule has 0 amide bonds. The van der Waals surface area contributed by atoms with Crippen molar-refractivity contribution in [3.63, 3.8) is 0 Å². The van der Waals surface area contributed by atoms with Crippen LogP contribution in [-0.2, 0) is 0 Å². The Labute approximate surface area is 144 Å². The van der Waals surface area contributed by atoms with Gasteiger partial charge in [-0.1, -0.05) is 60.7 Å². The van der Waals surface area contributed by atoms with E-state index in [4.69, 9.17) is 0 Å². The van der Waals surface area contributed by atoms with E-state index in [-0.39, 0.29) is 0 Å². The van der Waals surface area contributed by atoms with Crippen molar-refractivity contribution in [1.82, 2.24) is 4.98 Å². The Morgan fingerprint density at radius 3 is 2.42 bits per heavy atom.